The van der Waals surface area contributed by atoms with Crippen LogP contribution < -0.4 is 0 Å². The van der Waals surface area contributed by atoms with Crippen LogP contribution >= 0.6 is 0 Å². The summed E-state index contributed by atoms with van der Waals surface area (Å²) in [5, 5.41) is 0. The molecule has 0 saturated carbocycles. The molecular formula is C12H18N2O2. The Morgan fingerprint density at radius 2 is 2.69 bits per heavy atom. The van der Waals surface area contributed by atoms with E-state index in [-0.39, 0.29) is 37.1 Å². The van der Waals surface area contributed by atoms with Crippen LogP contribution in [0.25, 0.3) is 0 Å². The van der Waals surface area contributed by atoms with Crippen molar-refractivity contribution in [2.75, 3.05) is 6.61 Å². The zero-order chi connectivity index (χ0) is 16.0. The number of esters is 1. The van der Waals surface area contributed by atoms with E-state index >= 15 is 0 Å². The lowest BCUT2D eigenvalue weighted by Crippen LogP contribution is -2.18. The van der Waals surface area contributed by atoms with Gasteiger partial charge in [-0.3, -0.25) is 4.79 Å². The van der Waals surface area contributed by atoms with Crippen molar-refractivity contribution in [2.24, 2.45) is 18.8 Å². The van der Waals surface area contributed by atoms with Crippen LogP contribution in [0.3, 0.4) is 0 Å². The number of ether oxygens (including phenoxy) is 1. The summed E-state index contributed by atoms with van der Waals surface area (Å²) in [7, 11) is 0. The second-order valence-corrected chi connectivity index (χ2v) is 3.93. The highest BCUT2D eigenvalue weighted by atomic mass is 16.5. The number of cyclic esters (lactones) is 1. The topological polar surface area (TPSA) is 44.1 Å². The quantitative estimate of drug-likeness (QED) is 0.734. The summed E-state index contributed by atoms with van der Waals surface area (Å²) >= 11 is 0. The number of aryl methyl sites for hydroxylation is 1. The number of carbonyl (C=O) groups is 1. The van der Waals surface area contributed by atoms with Crippen molar-refractivity contribution >= 4 is 5.97 Å². The monoisotopic (exact) mass is 227 g/mol. The number of imidazole rings is 1. The third-order valence-corrected chi connectivity index (χ3v) is 2.93. The average Bonchev–Trinajstić information content (AvgIpc) is 2.80. The van der Waals surface area contributed by atoms with Gasteiger partial charge < -0.3 is 9.30 Å². The van der Waals surface area contributed by atoms with Gasteiger partial charge >= 0.3 is 5.97 Å². The van der Waals surface area contributed by atoms with Crippen molar-refractivity contribution in [1.82, 2.24) is 9.55 Å². The predicted molar refractivity (Wildman–Crippen MR) is 59.9 cm³/mol. The molecule has 0 spiro atoms. The van der Waals surface area contributed by atoms with Gasteiger partial charge in [-0.25, -0.2) is 4.98 Å². The molecule has 1 saturated heterocycles. The molecule has 0 unspecified atom stereocenters. The molecule has 4 nitrogen and oxygen atoms in total. The van der Waals surface area contributed by atoms with Crippen molar-refractivity contribution in [3.05, 3.63) is 17.7 Å². The molecule has 1 aliphatic rings. The van der Waals surface area contributed by atoms with Gasteiger partial charge in [-0.2, -0.15) is 0 Å². The minimum Gasteiger partial charge on any atom is -0.465 e. The minimum absolute atomic E-state index is 0.0703. The molecule has 1 aromatic rings. The molecule has 0 aromatic carbocycles. The molecule has 0 amide bonds. The molecule has 2 rings (SSSR count). The number of rotatable bonds is 3. The van der Waals surface area contributed by atoms with Crippen molar-refractivity contribution in [3.8, 4) is 0 Å². The Balaban J connectivity index is 2.39. The van der Waals surface area contributed by atoms with E-state index in [1.54, 1.807) is 6.92 Å². The molecule has 2 heterocycles. The van der Waals surface area contributed by atoms with Crippen LogP contribution in [-0.2, 0) is 22.9 Å². The highest BCUT2D eigenvalue weighted by molar-refractivity contribution is 5.74. The number of carbonyl (C=O) groups excluding carboxylic acids is 1. The molecule has 88 valence electrons. The second-order valence-electron chi connectivity index (χ2n) is 3.93. The smallest absolute Gasteiger partial charge is 0.309 e. The summed E-state index contributed by atoms with van der Waals surface area (Å²) in [6.45, 7) is 0.880. The van der Waals surface area contributed by atoms with E-state index in [1.165, 1.54) is 6.92 Å². The van der Waals surface area contributed by atoms with Crippen molar-refractivity contribution in [2.45, 2.75) is 26.7 Å². The lowest BCUT2D eigenvalue weighted by Gasteiger charge is -2.13. The van der Waals surface area contributed by atoms with E-state index in [0.29, 0.717) is 0 Å². The summed E-state index contributed by atoms with van der Waals surface area (Å²) in [4.78, 5) is 15.6. The zero-order valence-electron chi connectivity index (χ0n) is 14.4. The SMILES string of the molecule is [2H]c1nc(C)n(C([2H])([2H])[2H])c1C[C@H]1COC(=O)[C@@]1([2H])CC. The van der Waals surface area contributed by atoms with Crippen LogP contribution in [0.4, 0.5) is 0 Å². The molecule has 16 heavy (non-hydrogen) atoms. The highest BCUT2D eigenvalue weighted by Gasteiger charge is 2.35. The first-order valence-electron chi connectivity index (χ1n) is 7.83. The van der Waals surface area contributed by atoms with Gasteiger partial charge in [0, 0.05) is 30.2 Å². The molecule has 2 atom stereocenters. The summed E-state index contributed by atoms with van der Waals surface area (Å²) in [5.74, 6) is -2.22. The van der Waals surface area contributed by atoms with Crippen LogP contribution in [0, 0.1) is 18.7 Å². The Morgan fingerprint density at radius 3 is 3.38 bits per heavy atom. The van der Waals surface area contributed by atoms with Gasteiger partial charge in [-0.1, -0.05) is 6.92 Å². The van der Waals surface area contributed by atoms with Crippen LogP contribution in [0.2, 0.25) is 0 Å². The molecule has 1 aromatic heterocycles. The Morgan fingerprint density at radius 1 is 1.88 bits per heavy atom. The maximum Gasteiger partial charge on any atom is 0.309 e. The molecule has 0 bridgehead atoms. The van der Waals surface area contributed by atoms with E-state index < -0.39 is 24.8 Å². The predicted octanol–water partition coefficient (Wildman–Crippen LogP) is 1.47. The van der Waals surface area contributed by atoms with Crippen molar-refractivity contribution in [3.63, 3.8) is 0 Å². The van der Waals surface area contributed by atoms with Gasteiger partial charge in [0.15, 0.2) is 0 Å². The molecule has 0 radical (unpaired) electrons. The van der Waals surface area contributed by atoms with E-state index in [1.807, 2.05) is 0 Å². The molecular weight excluding hydrogens is 204 g/mol. The van der Waals surface area contributed by atoms with E-state index in [9.17, 15) is 4.79 Å². The zero-order valence-corrected chi connectivity index (χ0v) is 9.41. The van der Waals surface area contributed by atoms with Crippen LogP contribution in [0.1, 0.15) is 31.7 Å². The number of nitrogens with zero attached hydrogens (tertiary/aromatic N) is 2. The Kier molecular flexibility index (Phi) is 1.72. The van der Waals surface area contributed by atoms with Crippen LogP contribution in [0.5, 0.6) is 0 Å². The Bertz CT molecular complexity index is 569. The van der Waals surface area contributed by atoms with Crippen LogP contribution in [-0.4, -0.2) is 22.1 Å². The molecule has 0 aliphatic carbocycles. The van der Waals surface area contributed by atoms with Gasteiger partial charge in [-0.15, -0.1) is 0 Å². The standard InChI is InChI=1S/C12H18N2O2/c1-4-11-9(7-16-12(11)15)5-10-6-13-8(2)14(10)3/h6,9,11H,4-5,7H2,1-3H3/t9-,11-/m0/s1/i3D3,6D,11D. The molecule has 1 aliphatic heterocycles. The maximum absolute atomic E-state index is 11.7. The fraction of sp³-hybridized carbons (Fsp3) is 0.667. The first-order chi connectivity index (χ1) is 9.61. The van der Waals surface area contributed by atoms with Gasteiger partial charge in [0.05, 0.1) is 13.9 Å². The number of hydrogen-bond donors (Lipinski definition) is 0. The second kappa shape index (κ2) is 4.28. The minimum atomic E-state index is -2.44. The summed E-state index contributed by atoms with van der Waals surface area (Å²) in [6.07, 6.45) is 0.271. The third-order valence-electron chi connectivity index (χ3n) is 2.93. The van der Waals surface area contributed by atoms with Crippen LogP contribution in [0.15, 0.2) is 6.17 Å². The highest BCUT2D eigenvalue weighted by Crippen LogP contribution is 2.28. The van der Waals surface area contributed by atoms with Gasteiger partial charge in [0.25, 0.3) is 0 Å². The van der Waals surface area contributed by atoms with Gasteiger partial charge in [-0.05, 0) is 19.8 Å². The van der Waals surface area contributed by atoms with Gasteiger partial charge in [0.2, 0.25) is 0 Å². The fourth-order valence-electron chi connectivity index (χ4n) is 1.96. The summed E-state index contributed by atoms with van der Waals surface area (Å²) in [6, 6.07) is 0. The average molecular weight is 227 g/mol. The fourth-order valence-corrected chi connectivity index (χ4v) is 1.96. The van der Waals surface area contributed by atoms with E-state index in [2.05, 4.69) is 4.98 Å². The Labute approximate surface area is 103 Å². The third kappa shape index (κ3) is 1.84. The largest absolute Gasteiger partial charge is 0.465 e. The molecule has 0 N–H and O–H groups in total. The number of aromatic nitrogens is 2. The first kappa shape index (κ1) is 6.42. The van der Waals surface area contributed by atoms with E-state index in [0.717, 1.165) is 4.57 Å². The normalized spacial score (nSPS) is 34.8. The van der Waals surface area contributed by atoms with Crippen molar-refractivity contribution in [1.29, 1.82) is 0 Å². The first-order valence-corrected chi connectivity index (χ1v) is 5.33. The summed E-state index contributed by atoms with van der Waals surface area (Å²) < 4.78 is 44.7. The summed E-state index contributed by atoms with van der Waals surface area (Å²) in [5.41, 5.74) is 0.223. The van der Waals surface area contributed by atoms with Crippen molar-refractivity contribution < 1.29 is 16.4 Å². The maximum atomic E-state index is 11.7. The molecule has 1 fully saturated rings. The lowest BCUT2D eigenvalue weighted by molar-refractivity contribution is -0.141. The Hall–Kier alpha value is -1.32. The van der Waals surface area contributed by atoms with Gasteiger partial charge in [0.1, 0.15) is 5.82 Å². The molecule has 4 heteroatoms. The van der Waals surface area contributed by atoms with E-state index in [4.69, 9.17) is 11.6 Å². The number of hydrogen-bond acceptors (Lipinski definition) is 3. The lowest BCUT2D eigenvalue weighted by atomic mass is 9.89.